The number of hydrogen-bond acceptors (Lipinski definition) is 6. The van der Waals surface area contributed by atoms with Crippen molar-refractivity contribution >= 4 is 5.91 Å². The van der Waals surface area contributed by atoms with E-state index in [1.165, 1.54) is 0 Å². The number of rotatable bonds is 7. The monoisotopic (exact) mass is 364 g/mol. The van der Waals surface area contributed by atoms with Crippen LogP contribution in [0.3, 0.4) is 0 Å². The van der Waals surface area contributed by atoms with Gasteiger partial charge in [0.2, 0.25) is 5.91 Å². The lowest BCUT2D eigenvalue weighted by molar-refractivity contribution is -0.133. The van der Waals surface area contributed by atoms with Crippen molar-refractivity contribution in [2.75, 3.05) is 46.9 Å². The Morgan fingerprint density at radius 3 is 3.04 bits per heavy atom. The van der Waals surface area contributed by atoms with Gasteiger partial charge in [-0.1, -0.05) is 5.16 Å². The van der Waals surface area contributed by atoms with Crippen molar-refractivity contribution in [2.45, 2.75) is 44.6 Å². The Bertz CT molecular complexity index is 589. The van der Waals surface area contributed by atoms with Crippen LogP contribution in [0.4, 0.5) is 0 Å². The van der Waals surface area contributed by atoms with Gasteiger partial charge in [-0.25, -0.2) is 0 Å². The maximum absolute atomic E-state index is 13.1. The fraction of sp³-hybridized carbons (Fsp3) is 0.789. The third-order valence-electron chi connectivity index (χ3n) is 5.41. The van der Waals surface area contributed by atoms with Crippen LogP contribution < -0.4 is 10.6 Å². The van der Waals surface area contributed by atoms with Crippen molar-refractivity contribution in [3.05, 3.63) is 17.5 Å². The summed E-state index contributed by atoms with van der Waals surface area (Å²) in [6, 6.07) is 2.13. The van der Waals surface area contributed by atoms with Crippen LogP contribution in [0.15, 0.2) is 10.6 Å². The summed E-state index contributed by atoms with van der Waals surface area (Å²) in [5, 5.41) is 10.8. The lowest BCUT2D eigenvalue weighted by atomic mass is 9.76. The van der Waals surface area contributed by atoms with Crippen molar-refractivity contribution < 1.29 is 14.1 Å². The van der Waals surface area contributed by atoms with E-state index in [4.69, 9.17) is 9.26 Å². The Balaban J connectivity index is 1.69. The summed E-state index contributed by atoms with van der Waals surface area (Å²) in [6.07, 6.45) is 3.43. The maximum Gasteiger partial charge on any atom is 0.228 e. The first-order chi connectivity index (χ1) is 12.5. The van der Waals surface area contributed by atoms with Gasteiger partial charge in [0.15, 0.2) is 0 Å². The molecule has 2 saturated heterocycles. The molecule has 146 valence electrons. The normalized spacial score (nSPS) is 27.6. The number of carbonyl (C=O) groups excluding carboxylic acids is 1. The van der Waals surface area contributed by atoms with Crippen molar-refractivity contribution in [2.24, 2.45) is 5.41 Å². The highest BCUT2D eigenvalue weighted by molar-refractivity contribution is 5.83. The molecule has 1 amide bonds. The summed E-state index contributed by atoms with van der Waals surface area (Å²) >= 11 is 0. The molecule has 3 rings (SSSR count). The van der Waals surface area contributed by atoms with E-state index in [1.54, 1.807) is 0 Å². The Hall–Kier alpha value is -1.44. The van der Waals surface area contributed by atoms with Crippen LogP contribution in [-0.4, -0.2) is 68.9 Å². The molecule has 3 heterocycles. The Morgan fingerprint density at radius 1 is 1.54 bits per heavy atom. The van der Waals surface area contributed by atoms with Crippen LogP contribution in [0, 0.1) is 5.41 Å². The second-order valence-electron chi connectivity index (χ2n) is 8.15. The molecule has 2 fully saturated rings. The predicted octanol–water partition coefficient (Wildman–Crippen LogP) is 1.16. The lowest BCUT2D eigenvalue weighted by Gasteiger charge is -2.36. The quantitative estimate of drug-likeness (QED) is 0.756. The van der Waals surface area contributed by atoms with E-state index >= 15 is 0 Å². The summed E-state index contributed by atoms with van der Waals surface area (Å²) in [6.45, 7) is 6.01. The number of nitrogens with one attached hydrogen (secondary N) is 2. The molecular formula is C19H32N4O3. The minimum absolute atomic E-state index is 0.109. The molecule has 0 aliphatic carbocycles. The summed E-state index contributed by atoms with van der Waals surface area (Å²) < 4.78 is 11.0. The van der Waals surface area contributed by atoms with E-state index in [-0.39, 0.29) is 11.9 Å². The van der Waals surface area contributed by atoms with Crippen LogP contribution >= 0.6 is 0 Å². The van der Waals surface area contributed by atoms with Gasteiger partial charge >= 0.3 is 0 Å². The standard InChI is InChI=1S/C19H32N4O3/c1-14(11-23(2)3)21-18(24)19(6-4-7-20-13-19)10-16-9-17(22-26-16)15-5-8-25-12-15/h9,14-15,20H,4-8,10-13H2,1-3H3,(H,21,24)/t14-,15-,19+/m1/s1. The first-order valence-corrected chi connectivity index (χ1v) is 9.68. The summed E-state index contributed by atoms with van der Waals surface area (Å²) in [5.41, 5.74) is 0.486. The lowest BCUT2D eigenvalue weighted by Crippen LogP contribution is -2.54. The van der Waals surface area contributed by atoms with Gasteiger partial charge in [-0.3, -0.25) is 4.79 Å². The molecule has 26 heavy (non-hydrogen) atoms. The number of amides is 1. The molecule has 1 aromatic heterocycles. The molecule has 0 spiro atoms. The molecule has 0 radical (unpaired) electrons. The van der Waals surface area contributed by atoms with Crippen molar-refractivity contribution in [1.82, 2.24) is 20.7 Å². The number of carbonyl (C=O) groups is 1. The smallest absolute Gasteiger partial charge is 0.228 e. The number of aromatic nitrogens is 1. The predicted molar refractivity (Wildman–Crippen MR) is 99.1 cm³/mol. The maximum atomic E-state index is 13.1. The van der Waals surface area contributed by atoms with Crippen molar-refractivity contribution in [3.63, 3.8) is 0 Å². The van der Waals surface area contributed by atoms with Gasteiger partial charge in [-0.15, -0.1) is 0 Å². The number of likely N-dealkylation sites (N-methyl/N-ethyl adjacent to an activating group) is 1. The topological polar surface area (TPSA) is 79.6 Å². The Morgan fingerprint density at radius 2 is 2.38 bits per heavy atom. The van der Waals surface area contributed by atoms with Gasteiger partial charge in [-0.05, 0) is 46.8 Å². The van der Waals surface area contributed by atoms with Crippen LogP contribution in [0.25, 0.3) is 0 Å². The summed E-state index contributed by atoms with van der Waals surface area (Å²) in [7, 11) is 4.03. The molecular weight excluding hydrogens is 332 g/mol. The fourth-order valence-electron chi connectivity index (χ4n) is 4.07. The van der Waals surface area contributed by atoms with Crippen molar-refractivity contribution in [1.29, 1.82) is 0 Å². The Kier molecular flexibility index (Phi) is 6.32. The molecule has 0 saturated carbocycles. The molecule has 0 aromatic carbocycles. The Labute approximate surface area is 155 Å². The zero-order valence-corrected chi connectivity index (χ0v) is 16.2. The largest absolute Gasteiger partial charge is 0.381 e. The molecule has 0 unspecified atom stereocenters. The number of piperidine rings is 1. The zero-order chi connectivity index (χ0) is 18.6. The van der Waals surface area contributed by atoms with E-state index in [1.807, 2.05) is 20.2 Å². The number of ether oxygens (including phenoxy) is 1. The second kappa shape index (κ2) is 8.50. The van der Waals surface area contributed by atoms with E-state index in [2.05, 4.69) is 27.6 Å². The first-order valence-electron chi connectivity index (χ1n) is 9.68. The highest BCUT2D eigenvalue weighted by atomic mass is 16.5. The molecule has 3 atom stereocenters. The van der Waals surface area contributed by atoms with E-state index < -0.39 is 5.41 Å². The second-order valence-corrected chi connectivity index (χ2v) is 8.15. The van der Waals surface area contributed by atoms with Gasteiger partial charge in [-0.2, -0.15) is 0 Å². The number of hydrogen-bond donors (Lipinski definition) is 2. The van der Waals surface area contributed by atoms with Crippen LogP contribution in [0.5, 0.6) is 0 Å². The van der Waals surface area contributed by atoms with Gasteiger partial charge in [0, 0.05) is 44.1 Å². The molecule has 7 nitrogen and oxygen atoms in total. The molecule has 7 heteroatoms. The molecule has 1 aromatic rings. The van der Waals surface area contributed by atoms with Crippen LogP contribution in [0.2, 0.25) is 0 Å². The fourth-order valence-corrected chi connectivity index (χ4v) is 4.07. The number of nitrogens with zero attached hydrogens (tertiary/aromatic N) is 2. The third-order valence-corrected chi connectivity index (χ3v) is 5.41. The van der Waals surface area contributed by atoms with Gasteiger partial charge < -0.3 is 24.8 Å². The van der Waals surface area contributed by atoms with Gasteiger partial charge in [0.05, 0.1) is 17.7 Å². The molecule has 2 aliphatic rings. The average molecular weight is 364 g/mol. The van der Waals surface area contributed by atoms with Crippen LogP contribution in [-0.2, 0) is 16.0 Å². The minimum Gasteiger partial charge on any atom is -0.381 e. The minimum atomic E-state index is -0.470. The molecule has 0 bridgehead atoms. The highest BCUT2D eigenvalue weighted by Gasteiger charge is 2.41. The summed E-state index contributed by atoms with van der Waals surface area (Å²) in [5.74, 6) is 1.23. The summed E-state index contributed by atoms with van der Waals surface area (Å²) in [4.78, 5) is 15.2. The zero-order valence-electron chi connectivity index (χ0n) is 16.2. The molecule has 2 aliphatic heterocycles. The first kappa shape index (κ1) is 19.3. The third kappa shape index (κ3) is 4.64. The van der Waals surface area contributed by atoms with E-state index in [0.717, 1.165) is 50.4 Å². The van der Waals surface area contributed by atoms with Gasteiger partial charge in [0.1, 0.15) is 5.76 Å². The SMILES string of the molecule is C[C@H](CN(C)C)NC(=O)[C@]1(Cc2cc([C@@H]3CCOC3)no2)CCCNC1. The van der Waals surface area contributed by atoms with Crippen LogP contribution in [0.1, 0.15) is 43.6 Å². The van der Waals surface area contributed by atoms with E-state index in [0.29, 0.717) is 25.5 Å². The molecule has 2 N–H and O–H groups in total. The van der Waals surface area contributed by atoms with E-state index in [9.17, 15) is 4.79 Å². The highest BCUT2D eigenvalue weighted by Crippen LogP contribution is 2.33. The van der Waals surface area contributed by atoms with Gasteiger partial charge in [0.25, 0.3) is 0 Å². The average Bonchev–Trinajstić information content (AvgIpc) is 3.26. The van der Waals surface area contributed by atoms with Crippen molar-refractivity contribution in [3.8, 4) is 0 Å².